The molecule has 7 nitrogen and oxygen atoms in total. The molecular formula is C46H90N2O5S2. The van der Waals surface area contributed by atoms with Gasteiger partial charge in [0, 0.05) is 11.7 Å². The molecule has 0 heterocycles. The summed E-state index contributed by atoms with van der Waals surface area (Å²) in [5, 5.41) is -0.755. The standard InChI is InChI=1S/C46H90N2O5S2/c1-5-7-9-11-13-15-17-19-21-23-25-27-29-31-33-35-37-40(38-36-34-32-30-28-26-24-22-20-18-16-14-12-10-8-6-2)43(49)44(42(48)46(51)53-4)55-54-39-41(47)45(50)52-3/h40-42,44H,5-39,47-48H2,1-4H3/t41-,42-,44?/m0/s1. The van der Waals surface area contributed by atoms with Gasteiger partial charge in [0.2, 0.25) is 0 Å². The van der Waals surface area contributed by atoms with E-state index in [1.54, 1.807) is 0 Å². The van der Waals surface area contributed by atoms with E-state index in [4.69, 9.17) is 20.9 Å². The summed E-state index contributed by atoms with van der Waals surface area (Å²) in [6.07, 6.45) is 43.9. The van der Waals surface area contributed by atoms with Crippen LogP contribution >= 0.6 is 21.6 Å². The molecule has 326 valence electrons. The first-order valence-electron chi connectivity index (χ1n) is 23.3. The number of unbranched alkanes of at least 4 members (excludes halogenated alkanes) is 30. The van der Waals surface area contributed by atoms with E-state index in [1.165, 1.54) is 216 Å². The second-order valence-electron chi connectivity index (χ2n) is 16.3. The molecule has 0 rings (SSSR count). The molecule has 0 bridgehead atoms. The van der Waals surface area contributed by atoms with Crippen molar-refractivity contribution in [2.24, 2.45) is 17.4 Å². The van der Waals surface area contributed by atoms with Gasteiger partial charge in [0.05, 0.1) is 19.5 Å². The monoisotopic (exact) mass is 815 g/mol. The molecule has 0 radical (unpaired) electrons. The van der Waals surface area contributed by atoms with Crippen LogP contribution in [0.4, 0.5) is 0 Å². The average Bonchev–Trinajstić information content (AvgIpc) is 3.19. The van der Waals surface area contributed by atoms with Crippen molar-refractivity contribution in [1.29, 1.82) is 0 Å². The molecule has 0 saturated heterocycles. The zero-order valence-corrected chi connectivity index (χ0v) is 38.2. The Labute approximate surface area is 348 Å². The number of carbonyl (C=O) groups excluding carboxylic acids is 3. The fourth-order valence-corrected chi connectivity index (χ4v) is 10.3. The molecule has 9 heteroatoms. The first-order valence-corrected chi connectivity index (χ1v) is 25.7. The van der Waals surface area contributed by atoms with E-state index in [9.17, 15) is 14.4 Å². The van der Waals surface area contributed by atoms with Crippen molar-refractivity contribution in [1.82, 2.24) is 0 Å². The maximum absolute atomic E-state index is 14.1. The average molecular weight is 815 g/mol. The Hall–Kier alpha value is -0.770. The third-order valence-corrected chi connectivity index (χ3v) is 14.0. The summed E-state index contributed by atoms with van der Waals surface area (Å²) in [6.45, 7) is 4.56. The van der Waals surface area contributed by atoms with Crippen LogP contribution in [-0.2, 0) is 23.9 Å². The lowest BCUT2D eigenvalue weighted by Crippen LogP contribution is -2.47. The van der Waals surface area contributed by atoms with Gasteiger partial charge in [-0.1, -0.05) is 241 Å². The van der Waals surface area contributed by atoms with Gasteiger partial charge in [-0.15, -0.1) is 0 Å². The number of methoxy groups -OCH3 is 2. The predicted molar refractivity (Wildman–Crippen MR) is 241 cm³/mol. The van der Waals surface area contributed by atoms with Crippen molar-refractivity contribution in [3.8, 4) is 0 Å². The lowest BCUT2D eigenvalue weighted by molar-refractivity contribution is -0.143. The largest absolute Gasteiger partial charge is 0.468 e. The zero-order chi connectivity index (χ0) is 40.6. The van der Waals surface area contributed by atoms with Crippen molar-refractivity contribution >= 4 is 39.3 Å². The van der Waals surface area contributed by atoms with E-state index in [2.05, 4.69) is 13.8 Å². The van der Waals surface area contributed by atoms with Gasteiger partial charge in [-0.3, -0.25) is 14.4 Å². The van der Waals surface area contributed by atoms with E-state index >= 15 is 0 Å². The topological polar surface area (TPSA) is 122 Å². The lowest BCUT2D eigenvalue weighted by Gasteiger charge is -2.25. The van der Waals surface area contributed by atoms with Crippen molar-refractivity contribution < 1.29 is 23.9 Å². The first kappa shape index (κ1) is 54.2. The molecule has 0 aromatic heterocycles. The Morgan fingerprint density at radius 3 is 1.04 bits per heavy atom. The number of carbonyl (C=O) groups is 3. The highest BCUT2D eigenvalue weighted by Gasteiger charge is 2.36. The number of hydrogen-bond donors (Lipinski definition) is 2. The second kappa shape index (κ2) is 41.4. The molecule has 0 aliphatic carbocycles. The molecule has 1 unspecified atom stereocenters. The highest BCUT2D eigenvalue weighted by molar-refractivity contribution is 8.77. The van der Waals surface area contributed by atoms with Crippen molar-refractivity contribution in [2.45, 2.75) is 249 Å². The SMILES string of the molecule is CCCCCCCCCCCCCCCCCCC(CCCCCCCCCCCCCCCCCC)C(=O)C(SSC[C@H](N)C(=O)OC)[C@H](N)C(=O)OC. The summed E-state index contributed by atoms with van der Waals surface area (Å²) < 4.78 is 9.71. The van der Waals surface area contributed by atoms with Crippen LogP contribution in [0.5, 0.6) is 0 Å². The van der Waals surface area contributed by atoms with Gasteiger partial charge >= 0.3 is 11.9 Å². The van der Waals surface area contributed by atoms with Crippen LogP contribution in [-0.4, -0.2) is 55.0 Å². The van der Waals surface area contributed by atoms with Gasteiger partial charge < -0.3 is 20.9 Å². The summed E-state index contributed by atoms with van der Waals surface area (Å²) in [5.41, 5.74) is 12.3. The fourth-order valence-electron chi connectivity index (χ4n) is 7.49. The summed E-state index contributed by atoms with van der Waals surface area (Å²) in [6, 6.07) is -1.87. The quantitative estimate of drug-likeness (QED) is 0.0352. The summed E-state index contributed by atoms with van der Waals surface area (Å²) in [4.78, 5) is 38.5. The van der Waals surface area contributed by atoms with Gasteiger partial charge in [0.25, 0.3) is 0 Å². The van der Waals surface area contributed by atoms with Crippen LogP contribution in [0.3, 0.4) is 0 Å². The van der Waals surface area contributed by atoms with E-state index in [1.807, 2.05) is 0 Å². The molecule has 0 aliphatic rings. The van der Waals surface area contributed by atoms with E-state index in [0.717, 1.165) is 38.5 Å². The minimum atomic E-state index is -1.07. The molecule has 0 spiro atoms. The number of ketones is 1. The first-order chi connectivity index (χ1) is 26.8. The number of ether oxygens (including phenoxy) is 2. The smallest absolute Gasteiger partial charge is 0.324 e. The summed E-state index contributed by atoms with van der Waals surface area (Å²) >= 11 is 0. The van der Waals surface area contributed by atoms with Crippen LogP contribution in [0.25, 0.3) is 0 Å². The van der Waals surface area contributed by atoms with Gasteiger partial charge in [0.1, 0.15) is 12.1 Å². The number of Topliss-reactive ketones (excluding diaryl/α,β-unsaturated/α-hetero) is 1. The number of esters is 2. The molecule has 0 fully saturated rings. The third-order valence-electron chi connectivity index (χ3n) is 11.2. The van der Waals surface area contributed by atoms with E-state index in [-0.39, 0.29) is 17.5 Å². The molecule has 55 heavy (non-hydrogen) atoms. The van der Waals surface area contributed by atoms with Gasteiger partial charge in [-0.2, -0.15) is 0 Å². The minimum absolute atomic E-state index is 0.0314. The summed E-state index contributed by atoms with van der Waals surface area (Å²) in [5.74, 6) is -0.937. The lowest BCUT2D eigenvalue weighted by atomic mass is 9.87. The predicted octanol–water partition coefficient (Wildman–Crippen LogP) is 13.2. The van der Waals surface area contributed by atoms with Crippen LogP contribution in [0.1, 0.15) is 232 Å². The molecule has 3 atom stereocenters. The van der Waals surface area contributed by atoms with Crippen LogP contribution < -0.4 is 11.5 Å². The normalized spacial score (nSPS) is 13.2. The molecule has 0 amide bonds. The molecule has 0 aromatic carbocycles. The number of nitrogens with two attached hydrogens (primary N) is 2. The van der Waals surface area contributed by atoms with E-state index in [0.29, 0.717) is 0 Å². The van der Waals surface area contributed by atoms with Gasteiger partial charge in [-0.25, -0.2) is 0 Å². The molecule has 4 N–H and O–H groups in total. The van der Waals surface area contributed by atoms with Crippen molar-refractivity contribution in [2.75, 3.05) is 20.0 Å². The highest BCUT2D eigenvalue weighted by atomic mass is 33.1. The van der Waals surface area contributed by atoms with Crippen LogP contribution in [0.2, 0.25) is 0 Å². The zero-order valence-electron chi connectivity index (χ0n) is 36.6. The highest BCUT2D eigenvalue weighted by Crippen LogP contribution is 2.34. The Morgan fingerprint density at radius 2 is 0.745 bits per heavy atom. The Bertz CT molecular complexity index is 843. The Morgan fingerprint density at radius 1 is 0.455 bits per heavy atom. The molecule has 0 saturated carbocycles. The second-order valence-corrected chi connectivity index (χ2v) is 18.8. The van der Waals surface area contributed by atoms with Crippen LogP contribution in [0, 0.1) is 5.92 Å². The minimum Gasteiger partial charge on any atom is -0.468 e. The number of hydrogen-bond acceptors (Lipinski definition) is 9. The Balaban J connectivity index is 4.71. The maximum atomic E-state index is 14.1. The summed E-state index contributed by atoms with van der Waals surface area (Å²) in [7, 11) is 5.16. The van der Waals surface area contributed by atoms with Crippen molar-refractivity contribution in [3.05, 3.63) is 0 Å². The Kier molecular flexibility index (Phi) is 40.8. The van der Waals surface area contributed by atoms with E-state index < -0.39 is 29.3 Å². The van der Waals surface area contributed by atoms with Crippen LogP contribution in [0.15, 0.2) is 0 Å². The van der Waals surface area contributed by atoms with Gasteiger partial charge in [0.15, 0.2) is 5.78 Å². The molecule has 0 aromatic rings. The number of rotatable bonds is 43. The fraction of sp³-hybridized carbons (Fsp3) is 0.935. The molecule has 0 aliphatic heterocycles. The van der Waals surface area contributed by atoms with Gasteiger partial charge in [-0.05, 0) is 12.8 Å². The molecular weight excluding hydrogens is 725 g/mol. The third kappa shape index (κ3) is 32.8. The maximum Gasteiger partial charge on any atom is 0.324 e. The van der Waals surface area contributed by atoms with Crippen molar-refractivity contribution in [3.63, 3.8) is 0 Å².